The predicted octanol–water partition coefficient (Wildman–Crippen LogP) is 1.92. The number of hydrogen-bond donors (Lipinski definition) is 0. The molecule has 2 aliphatic rings. The van der Waals surface area contributed by atoms with Gasteiger partial charge in [-0.25, -0.2) is 0 Å². The minimum absolute atomic E-state index is 0.519. The second kappa shape index (κ2) is 4.06. The zero-order chi connectivity index (χ0) is 11.1. The quantitative estimate of drug-likeness (QED) is 0.702. The van der Waals surface area contributed by atoms with Crippen molar-refractivity contribution in [3.05, 3.63) is 0 Å². The molecular formula is C13H26N2. The van der Waals surface area contributed by atoms with E-state index < -0.39 is 0 Å². The van der Waals surface area contributed by atoms with E-state index in [9.17, 15) is 0 Å². The van der Waals surface area contributed by atoms with Gasteiger partial charge in [-0.15, -0.1) is 0 Å². The fourth-order valence-electron chi connectivity index (χ4n) is 2.68. The van der Waals surface area contributed by atoms with Crippen molar-refractivity contribution >= 4 is 0 Å². The highest BCUT2D eigenvalue weighted by Gasteiger charge is 2.37. The maximum absolute atomic E-state index is 2.65. The summed E-state index contributed by atoms with van der Waals surface area (Å²) in [5, 5.41) is 0. The number of nitrogens with zero attached hydrogens (tertiary/aromatic N) is 2. The van der Waals surface area contributed by atoms with Crippen molar-refractivity contribution in [3.8, 4) is 0 Å². The maximum Gasteiger partial charge on any atom is 0.00344 e. The number of hydrogen-bond acceptors (Lipinski definition) is 2. The Balaban J connectivity index is 1.61. The molecule has 0 amide bonds. The summed E-state index contributed by atoms with van der Waals surface area (Å²) in [6, 6.07) is 0. The summed E-state index contributed by atoms with van der Waals surface area (Å²) in [4.78, 5) is 5.18. The van der Waals surface area contributed by atoms with Crippen LogP contribution in [0.5, 0.6) is 0 Å². The molecule has 15 heavy (non-hydrogen) atoms. The SMILES string of the molecule is CCN1CC(CN2CC(C(C)(C)C)C2)C1. The number of rotatable bonds is 3. The summed E-state index contributed by atoms with van der Waals surface area (Å²) < 4.78 is 0. The summed E-state index contributed by atoms with van der Waals surface area (Å²) in [5.74, 6) is 1.89. The molecule has 2 heterocycles. The lowest BCUT2D eigenvalue weighted by atomic mass is 9.75. The van der Waals surface area contributed by atoms with Crippen LogP contribution in [0.4, 0.5) is 0 Å². The molecule has 0 aromatic carbocycles. The van der Waals surface area contributed by atoms with E-state index in [0.29, 0.717) is 5.41 Å². The molecule has 0 spiro atoms. The molecule has 2 saturated heterocycles. The third kappa shape index (κ3) is 2.54. The van der Waals surface area contributed by atoms with Gasteiger partial charge in [-0.2, -0.15) is 0 Å². The molecule has 0 bridgehead atoms. The molecular weight excluding hydrogens is 184 g/mol. The molecule has 0 aliphatic carbocycles. The van der Waals surface area contributed by atoms with E-state index in [-0.39, 0.29) is 0 Å². The first-order valence-corrected chi connectivity index (χ1v) is 6.43. The minimum atomic E-state index is 0.519. The van der Waals surface area contributed by atoms with Gasteiger partial charge in [0.05, 0.1) is 0 Å². The maximum atomic E-state index is 2.65. The molecule has 2 fully saturated rings. The summed E-state index contributed by atoms with van der Waals surface area (Å²) in [6.45, 7) is 17.3. The van der Waals surface area contributed by atoms with Gasteiger partial charge in [0.15, 0.2) is 0 Å². The molecule has 88 valence electrons. The van der Waals surface area contributed by atoms with Crippen LogP contribution in [-0.2, 0) is 0 Å². The normalized spacial score (nSPS) is 26.4. The van der Waals surface area contributed by atoms with Gasteiger partial charge in [-0.1, -0.05) is 27.7 Å². The lowest BCUT2D eigenvalue weighted by Gasteiger charge is -2.50. The molecule has 0 unspecified atom stereocenters. The van der Waals surface area contributed by atoms with Gasteiger partial charge in [0, 0.05) is 32.7 Å². The van der Waals surface area contributed by atoms with Gasteiger partial charge >= 0.3 is 0 Å². The highest BCUT2D eigenvalue weighted by Crippen LogP contribution is 2.34. The zero-order valence-electron chi connectivity index (χ0n) is 10.8. The van der Waals surface area contributed by atoms with E-state index in [2.05, 4.69) is 37.5 Å². The Bertz CT molecular complexity index is 207. The Kier molecular flexibility index (Phi) is 3.09. The second-order valence-electron chi connectivity index (χ2n) is 6.50. The van der Waals surface area contributed by atoms with Gasteiger partial charge < -0.3 is 9.80 Å². The van der Waals surface area contributed by atoms with Gasteiger partial charge in [0.25, 0.3) is 0 Å². The molecule has 0 saturated carbocycles. The summed E-state index contributed by atoms with van der Waals surface area (Å²) in [5.41, 5.74) is 0.519. The van der Waals surface area contributed by atoms with E-state index in [1.807, 2.05) is 0 Å². The monoisotopic (exact) mass is 210 g/mol. The van der Waals surface area contributed by atoms with Crippen molar-refractivity contribution < 1.29 is 0 Å². The lowest BCUT2D eigenvalue weighted by Crippen LogP contribution is -2.58. The molecule has 0 atom stereocenters. The molecule has 0 N–H and O–H groups in total. The van der Waals surface area contributed by atoms with Crippen LogP contribution >= 0.6 is 0 Å². The standard InChI is InChI=1S/C13H26N2/c1-5-14-6-11(7-14)8-15-9-12(10-15)13(2,3)4/h11-12H,5-10H2,1-4H3. The highest BCUT2D eigenvalue weighted by molar-refractivity contribution is 4.91. The van der Waals surface area contributed by atoms with Crippen LogP contribution in [0.15, 0.2) is 0 Å². The molecule has 2 rings (SSSR count). The van der Waals surface area contributed by atoms with Crippen molar-refractivity contribution in [3.63, 3.8) is 0 Å². The van der Waals surface area contributed by atoms with Crippen molar-refractivity contribution in [2.24, 2.45) is 17.3 Å². The Morgan fingerprint density at radius 3 is 2.07 bits per heavy atom. The van der Waals surface area contributed by atoms with Crippen LogP contribution < -0.4 is 0 Å². The van der Waals surface area contributed by atoms with E-state index >= 15 is 0 Å². The van der Waals surface area contributed by atoms with Crippen LogP contribution in [0.2, 0.25) is 0 Å². The smallest absolute Gasteiger partial charge is 0.00344 e. The Morgan fingerprint density at radius 2 is 1.60 bits per heavy atom. The van der Waals surface area contributed by atoms with Crippen LogP contribution in [0.3, 0.4) is 0 Å². The topological polar surface area (TPSA) is 6.48 Å². The first-order valence-electron chi connectivity index (χ1n) is 6.43. The fourth-order valence-corrected chi connectivity index (χ4v) is 2.68. The average Bonchev–Trinajstić information content (AvgIpc) is 1.95. The second-order valence-corrected chi connectivity index (χ2v) is 6.50. The average molecular weight is 210 g/mol. The summed E-state index contributed by atoms with van der Waals surface area (Å²) in [6.07, 6.45) is 0. The Morgan fingerprint density at radius 1 is 1.00 bits per heavy atom. The largest absolute Gasteiger partial charge is 0.303 e. The van der Waals surface area contributed by atoms with Crippen LogP contribution in [0.25, 0.3) is 0 Å². The van der Waals surface area contributed by atoms with Gasteiger partial charge in [0.1, 0.15) is 0 Å². The molecule has 2 nitrogen and oxygen atoms in total. The molecule has 2 heteroatoms. The third-order valence-corrected chi connectivity index (χ3v) is 4.18. The summed E-state index contributed by atoms with van der Waals surface area (Å²) in [7, 11) is 0. The Hall–Kier alpha value is -0.0800. The van der Waals surface area contributed by atoms with E-state index in [0.717, 1.165) is 11.8 Å². The first kappa shape index (κ1) is 11.4. The van der Waals surface area contributed by atoms with Crippen LogP contribution in [-0.4, -0.2) is 49.1 Å². The van der Waals surface area contributed by atoms with Crippen molar-refractivity contribution in [1.82, 2.24) is 9.80 Å². The van der Waals surface area contributed by atoms with Gasteiger partial charge in [-0.05, 0) is 23.8 Å². The van der Waals surface area contributed by atoms with Gasteiger partial charge in [-0.3, -0.25) is 0 Å². The molecule has 2 aliphatic heterocycles. The van der Waals surface area contributed by atoms with Gasteiger partial charge in [0.2, 0.25) is 0 Å². The third-order valence-electron chi connectivity index (χ3n) is 4.18. The highest BCUT2D eigenvalue weighted by atomic mass is 15.2. The van der Waals surface area contributed by atoms with E-state index in [1.165, 1.54) is 39.3 Å². The summed E-state index contributed by atoms with van der Waals surface area (Å²) >= 11 is 0. The molecule has 0 radical (unpaired) electrons. The van der Waals surface area contributed by atoms with Crippen LogP contribution in [0, 0.1) is 17.3 Å². The van der Waals surface area contributed by atoms with Crippen molar-refractivity contribution in [2.45, 2.75) is 27.7 Å². The fraction of sp³-hybridized carbons (Fsp3) is 1.00. The predicted molar refractivity (Wildman–Crippen MR) is 65.0 cm³/mol. The van der Waals surface area contributed by atoms with Crippen molar-refractivity contribution in [2.75, 3.05) is 39.3 Å². The lowest BCUT2D eigenvalue weighted by molar-refractivity contribution is -0.0134. The van der Waals surface area contributed by atoms with Crippen molar-refractivity contribution in [1.29, 1.82) is 0 Å². The zero-order valence-corrected chi connectivity index (χ0v) is 10.8. The Labute approximate surface area is 94.6 Å². The first-order chi connectivity index (χ1) is 6.99. The minimum Gasteiger partial charge on any atom is -0.303 e. The van der Waals surface area contributed by atoms with E-state index in [4.69, 9.17) is 0 Å². The molecule has 0 aromatic rings. The molecule has 0 aromatic heterocycles. The van der Waals surface area contributed by atoms with Crippen LogP contribution in [0.1, 0.15) is 27.7 Å². The number of likely N-dealkylation sites (tertiary alicyclic amines) is 2. The van der Waals surface area contributed by atoms with E-state index in [1.54, 1.807) is 0 Å².